The van der Waals surface area contributed by atoms with Crippen molar-refractivity contribution in [3.63, 3.8) is 0 Å². The van der Waals surface area contributed by atoms with Crippen LogP contribution in [0.5, 0.6) is 0 Å². The van der Waals surface area contributed by atoms with E-state index in [1.54, 1.807) is 6.20 Å². The van der Waals surface area contributed by atoms with Crippen molar-refractivity contribution in [2.75, 3.05) is 13.1 Å². The van der Waals surface area contributed by atoms with E-state index in [-0.39, 0.29) is 5.91 Å². The Balaban J connectivity index is 1.57. The Morgan fingerprint density at radius 1 is 1.04 bits per heavy atom. The monoisotopic (exact) mass is 371 g/mol. The zero-order valence-corrected chi connectivity index (χ0v) is 15.9. The van der Waals surface area contributed by atoms with Crippen molar-refractivity contribution >= 4 is 5.91 Å². The van der Waals surface area contributed by atoms with Crippen molar-refractivity contribution in [2.45, 2.75) is 19.4 Å². The molecule has 4 nitrogen and oxygen atoms in total. The first kappa shape index (κ1) is 18.4. The molecular weight excluding hydrogens is 346 g/mol. The SMILES string of the molecule is O=C(NCc1ccccc1)[C@]1(Cc2ccccc2-c2cccnc2)CCNC1. The summed E-state index contributed by atoms with van der Waals surface area (Å²) in [7, 11) is 0. The van der Waals surface area contributed by atoms with E-state index in [9.17, 15) is 4.79 Å². The molecule has 142 valence electrons. The molecule has 3 aromatic rings. The van der Waals surface area contributed by atoms with Crippen LogP contribution in [0.2, 0.25) is 0 Å². The Labute approximate surface area is 166 Å². The van der Waals surface area contributed by atoms with Gasteiger partial charge in [-0.05, 0) is 42.1 Å². The predicted octanol–water partition coefficient (Wildman–Crippen LogP) is 3.59. The Kier molecular flexibility index (Phi) is 5.49. The van der Waals surface area contributed by atoms with Gasteiger partial charge in [0.1, 0.15) is 0 Å². The maximum absolute atomic E-state index is 13.2. The highest BCUT2D eigenvalue weighted by molar-refractivity contribution is 5.84. The first-order chi connectivity index (χ1) is 13.8. The molecular formula is C24H25N3O. The second kappa shape index (κ2) is 8.36. The fourth-order valence-corrected chi connectivity index (χ4v) is 3.98. The fraction of sp³-hybridized carbons (Fsp3) is 0.250. The third kappa shape index (κ3) is 3.97. The van der Waals surface area contributed by atoms with E-state index in [0.29, 0.717) is 19.5 Å². The Hall–Kier alpha value is -2.98. The van der Waals surface area contributed by atoms with Crippen LogP contribution in [0, 0.1) is 5.41 Å². The van der Waals surface area contributed by atoms with E-state index in [0.717, 1.165) is 29.7 Å². The largest absolute Gasteiger partial charge is 0.351 e. The molecule has 0 radical (unpaired) electrons. The van der Waals surface area contributed by atoms with Crippen LogP contribution < -0.4 is 10.6 Å². The molecule has 1 aliphatic rings. The van der Waals surface area contributed by atoms with Crippen molar-refractivity contribution in [2.24, 2.45) is 5.41 Å². The van der Waals surface area contributed by atoms with E-state index >= 15 is 0 Å². The Morgan fingerprint density at radius 2 is 1.86 bits per heavy atom. The lowest BCUT2D eigenvalue weighted by Gasteiger charge is -2.28. The zero-order chi connectivity index (χ0) is 19.2. The van der Waals surface area contributed by atoms with Gasteiger partial charge in [0.2, 0.25) is 5.91 Å². The molecule has 1 aliphatic heterocycles. The minimum atomic E-state index is -0.424. The third-order valence-corrected chi connectivity index (χ3v) is 5.54. The minimum Gasteiger partial charge on any atom is -0.351 e. The Morgan fingerprint density at radius 3 is 2.61 bits per heavy atom. The van der Waals surface area contributed by atoms with Gasteiger partial charge in [0.05, 0.1) is 5.41 Å². The molecule has 1 saturated heterocycles. The lowest BCUT2D eigenvalue weighted by Crippen LogP contribution is -2.44. The highest BCUT2D eigenvalue weighted by Gasteiger charge is 2.41. The van der Waals surface area contributed by atoms with Crippen LogP contribution in [0.25, 0.3) is 11.1 Å². The van der Waals surface area contributed by atoms with Gasteiger partial charge in [0, 0.05) is 31.0 Å². The molecule has 1 atom stereocenters. The molecule has 2 aromatic carbocycles. The van der Waals surface area contributed by atoms with Gasteiger partial charge in [-0.25, -0.2) is 0 Å². The number of hydrogen-bond donors (Lipinski definition) is 2. The number of nitrogens with one attached hydrogen (secondary N) is 2. The van der Waals surface area contributed by atoms with Gasteiger partial charge in [0.15, 0.2) is 0 Å². The maximum atomic E-state index is 13.2. The number of amides is 1. The van der Waals surface area contributed by atoms with E-state index in [1.165, 1.54) is 5.56 Å². The maximum Gasteiger partial charge on any atom is 0.228 e. The summed E-state index contributed by atoms with van der Waals surface area (Å²) in [6.07, 6.45) is 5.22. The molecule has 2 N–H and O–H groups in total. The van der Waals surface area contributed by atoms with E-state index in [4.69, 9.17) is 0 Å². The van der Waals surface area contributed by atoms with Gasteiger partial charge < -0.3 is 10.6 Å². The third-order valence-electron chi connectivity index (χ3n) is 5.54. The smallest absolute Gasteiger partial charge is 0.228 e. The molecule has 0 unspecified atom stereocenters. The lowest BCUT2D eigenvalue weighted by atomic mass is 9.78. The van der Waals surface area contributed by atoms with E-state index < -0.39 is 5.41 Å². The van der Waals surface area contributed by atoms with Crippen molar-refractivity contribution < 1.29 is 4.79 Å². The molecule has 4 rings (SSSR count). The average Bonchev–Trinajstić information content (AvgIpc) is 3.23. The summed E-state index contributed by atoms with van der Waals surface area (Å²) >= 11 is 0. The number of hydrogen-bond acceptors (Lipinski definition) is 3. The van der Waals surface area contributed by atoms with Gasteiger partial charge in [-0.15, -0.1) is 0 Å². The van der Waals surface area contributed by atoms with Crippen molar-refractivity contribution in [3.8, 4) is 11.1 Å². The van der Waals surface area contributed by atoms with Crippen LogP contribution >= 0.6 is 0 Å². The molecule has 0 bridgehead atoms. The second-order valence-corrected chi connectivity index (χ2v) is 7.45. The first-order valence-electron chi connectivity index (χ1n) is 9.78. The van der Waals surface area contributed by atoms with E-state index in [1.807, 2.05) is 54.7 Å². The topological polar surface area (TPSA) is 54.0 Å². The van der Waals surface area contributed by atoms with Crippen LogP contribution in [0.1, 0.15) is 17.5 Å². The lowest BCUT2D eigenvalue weighted by molar-refractivity contribution is -0.130. The first-order valence-corrected chi connectivity index (χ1v) is 9.78. The highest BCUT2D eigenvalue weighted by atomic mass is 16.2. The fourth-order valence-electron chi connectivity index (χ4n) is 3.98. The number of aromatic nitrogens is 1. The molecule has 0 aliphatic carbocycles. The molecule has 28 heavy (non-hydrogen) atoms. The van der Waals surface area contributed by atoms with Crippen LogP contribution in [0.3, 0.4) is 0 Å². The summed E-state index contributed by atoms with van der Waals surface area (Å²) in [6, 6.07) is 22.4. The van der Waals surface area contributed by atoms with Crippen LogP contribution in [0.15, 0.2) is 79.1 Å². The molecule has 1 amide bonds. The second-order valence-electron chi connectivity index (χ2n) is 7.45. The van der Waals surface area contributed by atoms with Gasteiger partial charge in [0.25, 0.3) is 0 Å². The molecule has 0 spiro atoms. The Bertz CT molecular complexity index is 919. The summed E-state index contributed by atoms with van der Waals surface area (Å²) in [5, 5.41) is 6.57. The molecule has 1 aromatic heterocycles. The zero-order valence-electron chi connectivity index (χ0n) is 15.9. The predicted molar refractivity (Wildman–Crippen MR) is 112 cm³/mol. The van der Waals surface area contributed by atoms with Gasteiger partial charge >= 0.3 is 0 Å². The molecule has 4 heteroatoms. The van der Waals surface area contributed by atoms with Crippen molar-refractivity contribution in [1.82, 2.24) is 15.6 Å². The number of pyridine rings is 1. The van der Waals surface area contributed by atoms with Gasteiger partial charge in [-0.1, -0.05) is 60.7 Å². The van der Waals surface area contributed by atoms with Gasteiger partial charge in [-0.3, -0.25) is 9.78 Å². The molecule has 1 fully saturated rings. The highest BCUT2D eigenvalue weighted by Crippen LogP contribution is 2.34. The van der Waals surface area contributed by atoms with Crippen LogP contribution in [-0.2, 0) is 17.8 Å². The van der Waals surface area contributed by atoms with Crippen molar-refractivity contribution in [1.29, 1.82) is 0 Å². The van der Waals surface area contributed by atoms with Gasteiger partial charge in [-0.2, -0.15) is 0 Å². The summed E-state index contributed by atoms with van der Waals surface area (Å²) in [5.74, 6) is 0.127. The number of rotatable bonds is 6. The summed E-state index contributed by atoms with van der Waals surface area (Å²) in [4.78, 5) is 17.5. The standard InChI is InChI=1S/C24H25N3O/c28-23(27-16-19-7-2-1-3-8-19)24(12-14-26-18-24)15-20-9-4-5-11-22(20)21-10-6-13-25-17-21/h1-11,13,17,26H,12,14-16,18H2,(H,27,28)/t24-/m0/s1. The normalized spacial score (nSPS) is 18.7. The number of nitrogens with zero attached hydrogens (tertiary/aromatic N) is 1. The van der Waals surface area contributed by atoms with E-state index in [2.05, 4.69) is 33.8 Å². The summed E-state index contributed by atoms with van der Waals surface area (Å²) in [6.45, 7) is 2.13. The van der Waals surface area contributed by atoms with Crippen molar-refractivity contribution in [3.05, 3.63) is 90.3 Å². The number of benzene rings is 2. The van der Waals surface area contributed by atoms with Crippen LogP contribution in [-0.4, -0.2) is 24.0 Å². The van der Waals surface area contributed by atoms with Crippen LogP contribution in [0.4, 0.5) is 0 Å². The molecule has 0 saturated carbocycles. The number of carbonyl (C=O) groups excluding carboxylic acids is 1. The minimum absolute atomic E-state index is 0.127. The summed E-state index contributed by atoms with van der Waals surface area (Å²) in [5.41, 5.74) is 4.12. The summed E-state index contributed by atoms with van der Waals surface area (Å²) < 4.78 is 0. The number of carbonyl (C=O) groups is 1. The molecule has 2 heterocycles. The average molecular weight is 371 g/mol. The quantitative estimate of drug-likeness (QED) is 0.696.